The number of carbonyl (C=O) groups excluding carboxylic acids is 3. The zero-order valence-corrected chi connectivity index (χ0v) is 13.6. The molecule has 1 fully saturated rings. The van der Waals surface area contributed by atoms with Crippen LogP contribution in [0.15, 0.2) is 24.3 Å². The number of nitrogens with zero attached hydrogens (tertiary/aromatic N) is 3. The van der Waals surface area contributed by atoms with Crippen LogP contribution in [0.2, 0.25) is 0 Å². The Kier molecular flexibility index (Phi) is 4.59. The van der Waals surface area contributed by atoms with Crippen molar-refractivity contribution in [1.29, 1.82) is 0 Å². The van der Waals surface area contributed by atoms with Crippen LogP contribution in [0.5, 0.6) is 0 Å². The SMILES string of the molecule is CN(Cc1nc2ccccc2[nH]1)C(=O)CN1CCCCC(=O)C1=O. The third-order valence-electron chi connectivity index (χ3n) is 4.18. The zero-order chi connectivity index (χ0) is 17.1. The van der Waals surface area contributed by atoms with E-state index in [-0.39, 0.29) is 18.9 Å². The monoisotopic (exact) mass is 328 g/mol. The third kappa shape index (κ3) is 3.45. The highest BCUT2D eigenvalue weighted by Crippen LogP contribution is 2.12. The number of benzene rings is 1. The molecule has 1 N–H and O–H groups in total. The average Bonchev–Trinajstić information content (AvgIpc) is 2.91. The summed E-state index contributed by atoms with van der Waals surface area (Å²) in [5.74, 6) is -0.470. The van der Waals surface area contributed by atoms with Crippen LogP contribution in [0.4, 0.5) is 0 Å². The zero-order valence-electron chi connectivity index (χ0n) is 13.6. The summed E-state index contributed by atoms with van der Waals surface area (Å²) in [6, 6.07) is 7.65. The molecule has 3 rings (SSSR count). The minimum Gasteiger partial charge on any atom is -0.340 e. The number of hydrogen-bond donors (Lipinski definition) is 1. The van der Waals surface area contributed by atoms with Crippen LogP contribution in [-0.2, 0) is 20.9 Å². The fourth-order valence-corrected chi connectivity index (χ4v) is 2.80. The fourth-order valence-electron chi connectivity index (χ4n) is 2.80. The molecule has 0 bridgehead atoms. The minimum absolute atomic E-state index is 0.0682. The molecule has 0 radical (unpaired) electrons. The number of rotatable bonds is 4. The van der Waals surface area contributed by atoms with Crippen molar-refractivity contribution in [3.63, 3.8) is 0 Å². The molecule has 0 saturated carbocycles. The molecule has 1 aliphatic rings. The highest BCUT2D eigenvalue weighted by atomic mass is 16.2. The molecule has 24 heavy (non-hydrogen) atoms. The Bertz CT molecular complexity index is 750. The van der Waals surface area contributed by atoms with E-state index in [1.54, 1.807) is 7.05 Å². The molecule has 126 valence electrons. The van der Waals surface area contributed by atoms with Gasteiger partial charge in [-0.05, 0) is 25.0 Å². The maximum Gasteiger partial charge on any atom is 0.290 e. The molecule has 1 aliphatic heterocycles. The van der Waals surface area contributed by atoms with Crippen molar-refractivity contribution in [3.05, 3.63) is 30.1 Å². The number of nitrogens with one attached hydrogen (secondary N) is 1. The number of aromatic amines is 1. The van der Waals surface area contributed by atoms with Crippen molar-refractivity contribution in [1.82, 2.24) is 19.8 Å². The number of Topliss-reactive ketones (excluding diaryl/α,β-unsaturated/α-hetero) is 1. The lowest BCUT2D eigenvalue weighted by Gasteiger charge is -2.23. The van der Waals surface area contributed by atoms with E-state index >= 15 is 0 Å². The lowest BCUT2D eigenvalue weighted by molar-refractivity contribution is -0.146. The highest BCUT2D eigenvalue weighted by Gasteiger charge is 2.27. The molecule has 0 spiro atoms. The summed E-state index contributed by atoms with van der Waals surface area (Å²) >= 11 is 0. The molecule has 1 aromatic carbocycles. The van der Waals surface area contributed by atoms with Gasteiger partial charge in [0, 0.05) is 20.0 Å². The van der Waals surface area contributed by atoms with Crippen LogP contribution < -0.4 is 0 Å². The Morgan fingerprint density at radius 3 is 2.88 bits per heavy atom. The number of imidazole rings is 1. The summed E-state index contributed by atoms with van der Waals surface area (Å²) in [7, 11) is 1.67. The summed E-state index contributed by atoms with van der Waals surface area (Å²) in [5, 5.41) is 0. The van der Waals surface area contributed by atoms with E-state index < -0.39 is 11.7 Å². The number of likely N-dealkylation sites (N-methyl/N-ethyl adjacent to an activating group) is 1. The van der Waals surface area contributed by atoms with Gasteiger partial charge in [0.2, 0.25) is 11.7 Å². The molecular weight excluding hydrogens is 308 g/mol. The second-order valence-electron chi connectivity index (χ2n) is 6.06. The predicted octanol–water partition coefficient (Wildman–Crippen LogP) is 1.10. The van der Waals surface area contributed by atoms with Gasteiger partial charge in [0.05, 0.1) is 17.6 Å². The fraction of sp³-hybridized carbons (Fsp3) is 0.412. The van der Waals surface area contributed by atoms with Crippen LogP contribution in [-0.4, -0.2) is 57.5 Å². The number of aromatic nitrogens is 2. The van der Waals surface area contributed by atoms with Gasteiger partial charge in [-0.1, -0.05) is 12.1 Å². The van der Waals surface area contributed by atoms with Gasteiger partial charge in [-0.15, -0.1) is 0 Å². The lowest BCUT2D eigenvalue weighted by Crippen LogP contribution is -2.43. The van der Waals surface area contributed by atoms with Gasteiger partial charge in [-0.2, -0.15) is 0 Å². The van der Waals surface area contributed by atoms with Crippen molar-refractivity contribution in [3.8, 4) is 0 Å². The summed E-state index contributed by atoms with van der Waals surface area (Å²) < 4.78 is 0. The Morgan fingerprint density at radius 2 is 2.08 bits per heavy atom. The molecule has 0 atom stereocenters. The van der Waals surface area contributed by atoms with Crippen LogP contribution in [0.25, 0.3) is 11.0 Å². The Hall–Kier alpha value is -2.70. The largest absolute Gasteiger partial charge is 0.340 e. The van der Waals surface area contributed by atoms with Crippen molar-refractivity contribution in [2.45, 2.75) is 25.8 Å². The molecule has 1 saturated heterocycles. The Morgan fingerprint density at radius 1 is 1.29 bits per heavy atom. The molecule has 7 nitrogen and oxygen atoms in total. The first-order chi connectivity index (χ1) is 11.5. The number of amides is 2. The number of para-hydroxylation sites is 2. The summed E-state index contributed by atoms with van der Waals surface area (Å²) in [4.78, 5) is 46.5. The molecule has 2 amide bonds. The smallest absolute Gasteiger partial charge is 0.290 e. The maximum absolute atomic E-state index is 12.4. The topological polar surface area (TPSA) is 86.4 Å². The lowest BCUT2D eigenvalue weighted by atomic mass is 10.2. The first kappa shape index (κ1) is 16.2. The molecule has 7 heteroatoms. The van der Waals surface area contributed by atoms with Crippen molar-refractivity contribution >= 4 is 28.6 Å². The van der Waals surface area contributed by atoms with E-state index in [1.807, 2.05) is 24.3 Å². The molecule has 2 aromatic rings. The Labute approximate surface area is 139 Å². The van der Waals surface area contributed by atoms with Crippen LogP contribution >= 0.6 is 0 Å². The molecule has 1 aromatic heterocycles. The highest BCUT2D eigenvalue weighted by molar-refractivity contribution is 6.36. The predicted molar refractivity (Wildman–Crippen MR) is 88.0 cm³/mol. The van der Waals surface area contributed by atoms with E-state index in [1.165, 1.54) is 9.80 Å². The summed E-state index contributed by atoms with van der Waals surface area (Å²) in [6.45, 7) is 0.708. The minimum atomic E-state index is -0.544. The number of carbonyl (C=O) groups is 3. The van der Waals surface area contributed by atoms with Crippen molar-refractivity contribution < 1.29 is 14.4 Å². The standard InChI is InChI=1S/C17H20N4O3/c1-20(10-15-18-12-6-2-3-7-13(12)19-15)16(23)11-21-9-5-4-8-14(22)17(21)24/h2-3,6-7H,4-5,8-11H2,1H3,(H,18,19). The summed E-state index contributed by atoms with van der Waals surface area (Å²) in [5.41, 5.74) is 1.77. The van der Waals surface area contributed by atoms with Gasteiger partial charge in [0.1, 0.15) is 12.4 Å². The van der Waals surface area contributed by atoms with Crippen LogP contribution in [0.1, 0.15) is 25.1 Å². The van der Waals surface area contributed by atoms with Gasteiger partial charge < -0.3 is 14.8 Å². The maximum atomic E-state index is 12.4. The van der Waals surface area contributed by atoms with E-state index in [0.29, 0.717) is 25.3 Å². The second kappa shape index (κ2) is 6.82. The normalized spacial score (nSPS) is 15.6. The van der Waals surface area contributed by atoms with E-state index in [2.05, 4.69) is 9.97 Å². The van der Waals surface area contributed by atoms with Gasteiger partial charge in [0.15, 0.2) is 0 Å². The Balaban J connectivity index is 1.63. The number of hydrogen-bond acceptors (Lipinski definition) is 4. The van der Waals surface area contributed by atoms with Gasteiger partial charge in [-0.3, -0.25) is 14.4 Å². The first-order valence-electron chi connectivity index (χ1n) is 8.04. The number of H-pyrrole nitrogens is 1. The quantitative estimate of drug-likeness (QED) is 0.852. The number of ketones is 1. The van der Waals surface area contributed by atoms with Crippen molar-refractivity contribution in [2.75, 3.05) is 20.1 Å². The number of fused-ring (bicyclic) bond motifs is 1. The third-order valence-corrected chi connectivity index (χ3v) is 4.18. The van der Waals surface area contributed by atoms with Crippen LogP contribution in [0.3, 0.4) is 0 Å². The van der Waals surface area contributed by atoms with E-state index in [9.17, 15) is 14.4 Å². The second-order valence-corrected chi connectivity index (χ2v) is 6.06. The van der Waals surface area contributed by atoms with E-state index in [4.69, 9.17) is 0 Å². The van der Waals surface area contributed by atoms with E-state index in [0.717, 1.165) is 17.5 Å². The van der Waals surface area contributed by atoms with Gasteiger partial charge in [-0.25, -0.2) is 4.98 Å². The molecule has 2 heterocycles. The number of likely N-dealkylation sites (tertiary alicyclic amines) is 1. The molecule has 0 aliphatic carbocycles. The van der Waals surface area contributed by atoms with Gasteiger partial charge in [0.25, 0.3) is 5.91 Å². The summed E-state index contributed by atoms with van der Waals surface area (Å²) in [6.07, 6.45) is 1.72. The molecule has 0 unspecified atom stereocenters. The van der Waals surface area contributed by atoms with Crippen molar-refractivity contribution in [2.24, 2.45) is 0 Å². The molecular formula is C17H20N4O3. The van der Waals surface area contributed by atoms with Crippen LogP contribution in [0, 0.1) is 0 Å². The van der Waals surface area contributed by atoms with Gasteiger partial charge >= 0.3 is 0 Å². The average molecular weight is 328 g/mol. The first-order valence-corrected chi connectivity index (χ1v) is 8.04.